The monoisotopic (exact) mass is 226 g/mol. The van der Waals surface area contributed by atoms with Crippen molar-refractivity contribution in [2.24, 2.45) is 5.92 Å². The van der Waals surface area contributed by atoms with Crippen molar-refractivity contribution in [3.8, 4) is 0 Å². The Hall–Kier alpha value is -0.570. The van der Waals surface area contributed by atoms with Crippen LogP contribution in [0.2, 0.25) is 0 Å². The Morgan fingerprint density at radius 2 is 1.75 bits per heavy atom. The minimum absolute atomic E-state index is 0.271. The molecular formula is C13H26N2O. The van der Waals surface area contributed by atoms with Crippen LogP contribution in [0, 0.1) is 5.92 Å². The molecule has 1 aliphatic rings. The van der Waals surface area contributed by atoms with Gasteiger partial charge >= 0.3 is 0 Å². The molecule has 0 saturated heterocycles. The lowest BCUT2D eigenvalue weighted by Gasteiger charge is -2.15. The van der Waals surface area contributed by atoms with Crippen molar-refractivity contribution in [1.82, 2.24) is 10.6 Å². The van der Waals surface area contributed by atoms with Crippen molar-refractivity contribution in [1.29, 1.82) is 0 Å². The van der Waals surface area contributed by atoms with Gasteiger partial charge in [0.2, 0.25) is 5.91 Å². The van der Waals surface area contributed by atoms with E-state index in [0.717, 1.165) is 25.9 Å². The van der Waals surface area contributed by atoms with Gasteiger partial charge in [-0.25, -0.2) is 0 Å². The molecule has 0 aromatic carbocycles. The van der Waals surface area contributed by atoms with Gasteiger partial charge in [0.25, 0.3) is 0 Å². The van der Waals surface area contributed by atoms with Crippen molar-refractivity contribution in [2.45, 2.75) is 58.4 Å². The lowest BCUT2D eigenvalue weighted by molar-refractivity contribution is -0.125. The Morgan fingerprint density at radius 3 is 2.31 bits per heavy atom. The fourth-order valence-electron chi connectivity index (χ4n) is 2.23. The van der Waals surface area contributed by atoms with Gasteiger partial charge < -0.3 is 10.6 Å². The highest BCUT2D eigenvalue weighted by atomic mass is 16.1. The van der Waals surface area contributed by atoms with E-state index in [0.29, 0.717) is 6.04 Å². The standard InChI is InChI=1S/C13H26N2O/c1-11(2)14-9-10-15-13(16)12-7-5-3-4-6-8-12/h11-12,14H,3-10H2,1-2H3,(H,15,16). The highest BCUT2D eigenvalue weighted by Crippen LogP contribution is 2.22. The Morgan fingerprint density at radius 1 is 1.12 bits per heavy atom. The van der Waals surface area contributed by atoms with E-state index >= 15 is 0 Å². The SMILES string of the molecule is CC(C)NCCNC(=O)C1CCCCCC1. The van der Waals surface area contributed by atoms with Gasteiger partial charge in [0.1, 0.15) is 0 Å². The molecule has 0 radical (unpaired) electrons. The van der Waals surface area contributed by atoms with Crippen molar-refractivity contribution >= 4 is 5.91 Å². The smallest absolute Gasteiger partial charge is 0.223 e. The molecule has 0 bridgehead atoms. The zero-order valence-electron chi connectivity index (χ0n) is 10.7. The largest absolute Gasteiger partial charge is 0.355 e. The molecule has 0 aliphatic heterocycles. The zero-order valence-corrected chi connectivity index (χ0v) is 10.7. The molecule has 94 valence electrons. The molecule has 0 aromatic heterocycles. The third-order valence-corrected chi connectivity index (χ3v) is 3.20. The topological polar surface area (TPSA) is 41.1 Å². The maximum atomic E-state index is 11.9. The second-order valence-electron chi connectivity index (χ2n) is 5.09. The van der Waals surface area contributed by atoms with Crippen LogP contribution in [0.15, 0.2) is 0 Å². The predicted octanol–water partition coefficient (Wildman–Crippen LogP) is 2.07. The minimum Gasteiger partial charge on any atom is -0.355 e. The first-order valence-electron chi connectivity index (χ1n) is 6.71. The maximum absolute atomic E-state index is 11.9. The summed E-state index contributed by atoms with van der Waals surface area (Å²) >= 11 is 0. The Kier molecular flexibility index (Phi) is 6.46. The molecule has 1 saturated carbocycles. The van der Waals surface area contributed by atoms with Crippen LogP contribution in [0.5, 0.6) is 0 Å². The van der Waals surface area contributed by atoms with E-state index in [-0.39, 0.29) is 11.8 Å². The predicted molar refractivity (Wildman–Crippen MR) is 67.3 cm³/mol. The summed E-state index contributed by atoms with van der Waals surface area (Å²) in [6, 6.07) is 0.495. The summed E-state index contributed by atoms with van der Waals surface area (Å²) in [6.07, 6.45) is 7.23. The third-order valence-electron chi connectivity index (χ3n) is 3.20. The Bertz CT molecular complexity index is 196. The number of hydrogen-bond donors (Lipinski definition) is 2. The summed E-state index contributed by atoms with van der Waals surface area (Å²) in [6.45, 7) is 5.86. The maximum Gasteiger partial charge on any atom is 0.223 e. The van der Waals surface area contributed by atoms with Gasteiger partial charge in [-0.3, -0.25) is 4.79 Å². The van der Waals surface area contributed by atoms with Crippen molar-refractivity contribution < 1.29 is 4.79 Å². The lowest BCUT2D eigenvalue weighted by atomic mass is 9.99. The average molecular weight is 226 g/mol. The van der Waals surface area contributed by atoms with Crippen LogP contribution < -0.4 is 10.6 Å². The molecular weight excluding hydrogens is 200 g/mol. The van der Waals surface area contributed by atoms with Crippen LogP contribution >= 0.6 is 0 Å². The van der Waals surface area contributed by atoms with Gasteiger partial charge in [-0.05, 0) is 12.8 Å². The first-order chi connectivity index (χ1) is 7.70. The highest BCUT2D eigenvalue weighted by molar-refractivity contribution is 5.78. The lowest BCUT2D eigenvalue weighted by Crippen LogP contribution is -2.37. The second-order valence-corrected chi connectivity index (χ2v) is 5.09. The van der Waals surface area contributed by atoms with E-state index < -0.39 is 0 Å². The van der Waals surface area contributed by atoms with E-state index in [4.69, 9.17) is 0 Å². The molecule has 3 nitrogen and oxygen atoms in total. The van der Waals surface area contributed by atoms with E-state index in [1.165, 1.54) is 25.7 Å². The highest BCUT2D eigenvalue weighted by Gasteiger charge is 2.19. The van der Waals surface area contributed by atoms with E-state index in [2.05, 4.69) is 24.5 Å². The fourth-order valence-corrected chi connectivity index (χ4v) is 2.23. The van der Waals surface area contributed by atoms with Gasteiger partial charge in [-0.1, -0.05) is 39.5 Å². The van der Waals surface area contributed by atoms with Crippen LogP contribution in [0.1, 0.15) is 52.4 Å². The van der Waals surface area contributed by atoms with Crippen molar-refractivity contribution in [3.05, 3.63) is 0 Å². The molecule has 0 spiro atoms. The quantitative estimate of drug-likeness (QED) is 0.556. The van der Waals surface area contributed by atoms with Crippen LogP contribution in [-0.2, 0) is 4.79 Å². The van der Waals surface area contributed by atoms with Crippen LogP contribution in [0.4, 0.5) is 0 Å². The first-order valence-corrected chi connectivity index (χ1v) is 6.71. The number of hydrogen-bond acceptors (Lipinski definition) is 2. The fraction of sp³-hybridized carbons (Fsp3) is 0.923. The summed E-state index contributed by atoms with van der Waals surface area (Å²) < 4.78 is 0. The van der Waals surface area contributed by atoms with Gasteiger partial charge in [-0.2, -0.15) is 0 Å². The zero-order chi connectivity index (χ0) is 11.8. The van der Waals surface area contributed by atoms with Crippen LogP contribution in [-0.4, -0.2) is 25.0 Å². The normalized spacial score (nSPS) is 18.4. The number of carbonyl (C=O) groups is 1. The van der Waals surface area contributed by atoms with Crippen LogP contribution in [0.3, 0.4) is 0 Å². The second kappa shape index (κ2) is 7.66. The molecule has 0 aromatic rings. The van der Waals surface area contributed by atoms with Gasteiger partial charge in [-0.15, -0.1) is 0 Å². The van der Waals surface area contributed by atoms with E-state index in [9.17, 15) is 4.79 Å². The molecule has 0 heterocycles. The summed E-state index contributed by atoms with van der Waals surface area (Å²) in [5, 5.41) is 6.34. The molecule has 1 aliphatic carbocycles. The third kappa shape index (κ3) is 5.50. The molecule has 0 unspecified atom stereocenters. The van der Waals surface area contributed by atoms with Crippen molar-refractivity contribution in [2.75, 3.05) is 13.1 Å². The number of carbonyl (C=O) groups excluding carboxylic acids is 1. The molecule has 1 amide bonds. The average Bonchev–Trinajstić information content (AvgIpc) is 2.52. The van der Waals surface area contributed by atoms with Crippen molar-refractivity contribution in [3.63, 3.8) is 0 Å². The van der Waals surface area contributed by atoms with Gasteiger partial charge in [0, 0.05) is 25.0 Å². The molecule has 0 atom stereocenters. The van der Waals surface area contributed by atoms with E-state index in [1.807, 2.05) is 0 Å². The van der Waals surface area contributed by atoms with Gasteiger partial charge in [0.05, 0.1) is 0 Å². The number of amides is 1. The first kappa shape index (κ1) is 13.5. The number of rotatable bonds is 5. The Labute approximate surface area is 99.4 Å². The van der Waals surface area contributed by atoms with Crippen LogP contribution in [0.25, 0.3) is 0 Å². The summed E-state index contributed by atoms with van der Waals surface area (Å²) in [4.78, 5) is 11.9. The minimum atomic E-state index is 0.271. The molecule has 2 N–H and O–H groups in total. The summed E-state index contributed by atoms with van der Waals surface area (Å²) in [5.74, 6) is 0.550. The Balaban J connectivity index is 2.13. The molecule has 16 heavy (non-hydrogen) atoms. The summed E-state index contributed by atoms with van der Waals surface area (Å²) in [5.41, 5.74) is 0. The molecule has 3 heteroatoms. The molecule has 1 rings (SSSR count). The van der Waals surface area contributed by atoms with Gasteiger partial charge in [0.15, 0.2) is 0 Å². The molecule has 1 fully saturated rings. The summed E-state index contributed by atoms with van der Waals surface area (Å²) in [7, 11) is 0. The van der Waals surface area contributed by atoms with E-state index in [1.54, 1.807) is 0 Å². The number of nitrogens with one attached hydrogen (secondary N) is 2.